The van der Waals surface area contributed by atoms with Crippen LogP contribution in [-0.4, -0.2) is 28.0 Å². The molecule has 24 heavy (non-hydrogen) atoms. The van der Waals surface area contributed by atoms with Crippen LogP contribution in [0.25, 0.3) is 0 Å². The largest absolute Gasteiger partial charge is 0.497 e. The number of amides is 1. The number of benzene rings is 2. The van der Waals surface area contributed by atoms with E-state index in [-0.39, 0.29) is 22.4 Å². The molecule has 0 aliphatic heterocycles. The van der Waals surface area contributed by atoms with Gasteiger partial charge in [-0.25, -0.2) is 13.6 Å². The Morgan fingerprint density at radius 3 is 2.42 bits per heavy atom. The fourth-order valence-corrected chi connectivity index (χ4v) is 2.69. The second-order valence-electron chi connectivity index (χ2n) is 4.82. The fraction of sp³-hybridized carbons (Fsp3) is 0.133. The molecular weight excluding hydrogens is 354 g/mol. The Kier molecular flexibility index (Phi) is 5.66. The molecule has 0 unspecified atom stereocenters. The van der Waals surface area contributed by atoms with Crippen LogP contribution in [0.4, 0.5) is 11.4 Å². The first-order valence-electron chi connectivity index (χ1n) is 6.80. The predicted octanol–water partition coefficient (Wildman–Crippen LogP) is 2.05. The summed E-state index contributed by atoms with van der Waals surface area (Å²) in [6.07, 6.45) is 0. The molecule has 9 heteroatoms. The van der Waals surface area contributed by atoms with Crippen LogP contribution in [0.5, 0.6) is 5.75 Å². The lowest BCUT2D eigenvalue weighted by molar-refractivity contribution is -0.114. The lowest BCUT2D eigenvalue weighted by Crippen LogP contribution is -2.22. The molecule has 2 aromatic carbocycles. The van der Waals surface area contributed by atoms with Gasteiger partial charge in [-0.1, -0.05) is 11.6 Å². The summed E-state index contributed by atoms with van der Waals surface area (Å²) in [7, 11) is -2.27. The van der Waals surface area contributed by atoms with E-state index in [1.54, 1.807) is 31.4 Å². The van der Waals surface area contributed by atoms with Crippen LogP contribution in [0.15, 0.2) is 47.4 Å². The van der Waals surface area contributed by atoms with Gasteiger partial charge in [0, 0.05) is 5.69 Å². The molecule has 0 aromatic heterocycles. The minimum absolute atomic E-state index is 0.0135. The Bertz CT molecular complexity index is 838. The number of hydrogen-bond acceptors (Lipinski definition) is 5. The van der Waals surface area contributed by atoms with Crippen molar-refractivity contribution in [3.63, 3.8) is 0 Å². The maximum absolute atomic E-state index is 11.9. The van der Waals surface area contributed by atoms with E-state index in [0.717, 1.165) is 5.69 Å². The van der Waals surface area contributed by atoms with E-state index in [0.29, 0.717) is 11.4 Å². The van der Waals surface area contributed by atoms with Crippen molar-refractivity contribution >= 4 is 38.9 Å². The molecule has 0 fully saturated rings. The molecule has 4 N–H and O–H groups in total. The molecule has 2 aromatic rings. The van der Waals surface area contributed by atoms with E-state index >= 15 is 0 Å². The van der Waals surface area contributed by atoms with Gasteiger partial charge in [0.2, 0.25) is 15.9 Å². The third-order valence-electron chi connectivity index (χ3n) is 3.09. The van der Waals surface area contributed by atoms with Crippen LogP contribution in [0.2, 0.25) is 5.02 Å². The zero-order valence-electron chi connectivity index (χ0n) is 12.7. The van der Waals surface area contributed by atoms with Crippen LogP contribution in [0.1, 0.15) is 0 Å². The van der Waals surface area contributed by atoms with E-state index in [1.807, 2.05) is 0 Å². The van der Waals surface area contributed by atoms with Crippen molar-refractivity contribution in [1.82, 2.24) is 0 Å². The van der Waals surface area contributed by atoms with Crippen molar-refractivity contribution in [3.05, 3.63) is 47.5 Å². The van der Waals surface area contributed by atoms with Gasteiger partial charge >= 0.3 is 0 Å². The number of sulfonamides is 1. The number of carbonyl (C=O) groups is 1. The Balaban J connectivity index is 1.96. The molecule has 0 aliphatic carbocycles. The average molecular weight is 370 g/mol. The number of primary sulfonamides is 1. The second-order valence-corrected chi connectivity index (χ2v) is 6.79. The standard InChI is InChI=1S/C15H16ClN3O4S/c1-23-11-4-2-10(3-5-11)18-9-15(20)19-14-7-6-12(8-13(14)16)24(17,21)22/h2-8,18H,9H2,1H3,(H,19,20)(H2,17,21,22). The highest BCUT2D eigenvalue weighted by molar-refractivity contribution is 7.89. The highest BCUT2D eigenvalue weighted by atomic mass is 35.5. The number of halogens is 1. The zero-order valence-corrected chi connectivity index (χ0v) is 14.3. The van der Waals surface area contributed by atoms with Crippen molar-refractivity contribution < 1.29 is 17.9 Å². The zero-order chi connectivity index (χ0) is 17.7. The topological polar surface area (TPSA) is 111 Å². The van der Waals surface area contributed by atoms with Crippen molar-refractivity contribution in [2.45, 2.75) is 4.90 Å². The molecule has 128 valence electrons. The van der Waals surface area contributed by atoms with E-state index in [2.05, 4.69) is 10.6 Å². The molecule has 0 heterocycles. The summed E-state index contributed by atoms with van der Waals surface area (Å²) >= 11 is 5.96. The van der Waals surface area contributed by atoms with Gasteiger partial charge in [0.05, 0.1) is 29.3 Å². The summed E-state index contributed by atoms with van der Waals surface area (Å²) in [6.45, 7) is 0.0135. The summed E-state index contributed by atoms with van der Waals surface area (Å²) in [5.74, 6) is 0.378. The van der Waals surface area contributed by atoms with Gasteiger partial charge in [-0.2, -0.15) is 0 Å². The van der Waals surface area contributed by atoms with Crippen LogP contribution >= 0.6 is 11.6 Å². The first kappa shape index (κ1) is 18.1. The lowest BCUT2D eigenvalue weighted by atomic mass is 10.3. The highest BCUT2D eigenvalue weighted by Crippen LogP contribution is 2.24. The molecule has 2 rings (SSSR count). The number of carbonyl (C=O) groups excluding carboxylic acids is 1. The summed E-state index contributed by atoms with van der Waals surface area (Å²) in [4.78, 5) is 11.8. The number of hydrogen-bond donors (Lipinski definition) is 3. The summed E-state index contributed by atoms with van der Waals surface area (Å²) < 4.78 is 27.5. The smallest absolute Gasteiger partial charge is 0.243 e. The molecule has 0 bridgehead atoms. The molecule has 0 saturated carbocycles. The molecule has 0 spiro atoms. The van der Waals surface area contributed by atoms with E-state index in [4.69, 9.17) is 21.5 Å². The summed E-state index contributed by atoms with van der Waals surface area (Å²) in [5, 5.41) is 10.6. The first-order chi connectivity index (χ1) is 11.3. The molecule has 0 saturated heterocycles. The van der Waals surface area contributed by atoms with Crippen molar-refractivity contribution in [2.24, 2.45) is 5.14 Å². The number of rotatable bonds is 6. The van der Waals surface area contributed by atoms with Crippen molar-refractivity contribution in [1.29, 1.82) is 0 Å². The van der Waals surface area contributed by atoms with Crippen molar-refractivity contribution in [3.8, 4) is 5.75 Å². The quantitative estimate of drug-likeness (QED) is 0.721. The number of ether oxygens (including phenoxy) is 1. The fourth-order valence-electron chi connectivity index (χ4n) is 1.86. The monoisotopic (exact) mass is 369 g/mol. The van der Waals surface area contributed by atoms with Gasteiger partial charge in [0.25, 0.3) is 0 Å². The predicted molar refractivity (Wildman–Crippen MR) is 92.9 cm³/mol. The first-order valence-corrected chi connectivity index (χ1v) is 8.72. The lowest BCUT2D eigenvalue weighted by Gasteiger charge is -2.10. The maximum atomic E-state index is 11.9. The normalized spacial score (nSPS) is 11.0. The number of methoxy groups -OCH3 is 1. The van der Waals surface area contributed by atoms with Crippen LogP contribution < -0.4 is 20.5 Å². The van der Waals surface area contributed by atoms with Gasteiger partial charge in [-0.05, 0) is 42.5 Å². The molecule has 0 radical (unpaired) electrons. The molecule has 7 nitrogen and oxygen atoms in total. The van der Waals surface area contributed by atoms with Gasteiger partial charge in [-0.3, -0.25) is 4.79 Å². The highest BCUT2D eigenvalue weighted by Gasteiger charge is 2.12. The summed E-state index contributed by atoms with van der Waals surface area (Å²) in [5.41, 5.74) is 1.05. The maximum Gasteiger partial charge on any atom is 0.243 e. The molecular formula is C15H16ClN3O4S. The van der Waals surface area contributed by atoms with Crippen LogP contribution in [0, 0.1) is 0 Å². The molecule has 1 amide bonds. The minimum Gasteiger partial charge on any atom is -0.497 e. The van der Waals surface area contributed by atoms with Gasteiger partial charge in [0.15, 0.2) is 0 Å². The number of nitrogens with two attached hydrogens (primary N) is 1. The number of anilines is 2. The Hall–Kier alpha value is -2.29. The minimum atomic E-state index is -3.84. The van der Waals surface area contributed by atoms with E-state index in [1.165, 1.54) is 18.2 Å². The van der Waals surface area contributed by atoms with Crippen molar-refractivity contribution in [2.75, 3.05) is 24.3 Å². The van der Waals surface area contributed by atoms with Crippen LogP contribution in [0.3, 0.4) is 0 Å². The van der Waals surface area contributed by atoms with E-state index < -0.39 is 10.0 Å². The van der Waals surface area contributed by atoms with Gasteiger partial charge < -0.3 is 15.4 Å². The SMILES string of the molecule is COc1ccc(NCC(=O)Nc2ccc(S(N)(=O)=O)cc2Cl)cc1. The molecule has 0 aliphatic rings. The van der Waals surface area contributed by atoms with Gasteiger partial charge in [0.1, 0.15) is 5.75 Å². The van der Waals surface area contributed by atoms with Gasteiger partial charge in [-0.15, -0.1) is 0 Å². The summed E-state index contributed by atoms with van der Waals surface area (Å²) in [6, 6.07) is 10.9. The third-order valence-corrected chi connectivity index (χ3v) is 4.31. The third kappa shape index (κ3) is 4.85. The Morgan fingerprint density at radius 1 is 1.21 bits per heavy atom. The second kappa shape index (κ2) is 7.52. The van der Waals surface area contributed by atoms with E-state index in [9.17, 15) is 13.2 Å². The molecule has 0 atom stereocenters. The Morgan fingerprint density at radius 2 is 1.88 bits per heavy atom. The average Bonchev–Trinajstić information content (AvgIpc) is 2.54. The number of nitrogens with one attached hydrogen (secondary N) is 2. The van der Waals surface area contributed by atoms with Crippen LogP contribution in [-0.2, 0) is 14.8 Å². The Labute approximate surface area is 144 Å².